The van der Waals surface area contributed by atoms with Gasteiger partial charge in [-0.2, -0.15) is 0 Å². The van der Waals surface area contributed by atoms with Crippen molar-refractivity contribution in [3.63, 3.8) is 0 Å². The number of nitrogens with one attached hydrogen (secondary N) is 1. The molecule has 1 aromatic rings. The molecule has 0 radical (unpaired) electrons. The van der Waals surface area contributed by atoms with Crippen LogP contribution >= 0.6 is 15.9 Å². The van der Waals surface area contributed by atoms with E-state index in [0.29, 0.717) is 18.8 Å². The Morgan fingerprint density at radius 1 is 1.22 bits per heavy atom. The van der Waals surface area contributed by atoms with Crippen LogP contribution in [0.1, 0.15) is 19.8 Å². The van der Waals surface area contributed by atoms with E-state index in [1.165, 1.54) is 0 Å². The number of ether oxygens (including phenoxy) is 3. The predicted octanol–water partition coefficient (Wildman–Crippen LogP) is 2.42. The first-order valence-corrected chi connectivity index (χ1v) is 7.81. The maximum absolute atomic E-state index is 11.4. The summed E-state index contributed by atoms with van der Waals surface area (Å²) in [5, 5.41) is 1.92. The topological polar surface area (TPSA) is 90.9 Å². The number of esters is 1. The number of carbonyl (C=O) groups is 3. The van der Waals surface area contributed by atoms with E-state index in [1.807, 2.05) is 29.6 Å². The first-order valence-electron chi connectivity index (χ1n) is 7.02. The number of alkyl carbamates (subject to hydrolysis) is 1. The molecular formula is C15H18BrNO6. The first-order chi connectivity index (χ1) is 11.0. The lowest BCUT2D eigenvalue weighted by atomic mass is 10.3. The number of hydrogen-bond donors (Lipinski definition) is 1. The summed E-state index contributed by atoms with van der Waals surface area (Å²) < 4.78 is 15.6. The molecule has 0 unspecified atom stereocenters. The summed E-state index contributed by atoms with van der Waals surface area (Å²) in [6, 6.07) is 7.35. The van der Waals surface area contributed by atoms with E-state index in [2.05, 4.69) is 20.7 Å². The summed E-state index contributed by atoms with van der Waals surface area (Å²) in [6.07, 6.45) is -0.304. The average molecular weight is 388 g/mol. The lowest BCUT2D eigenvalue weighted by Crippen LogP contribution is -2.34. The second-order valence-electron chi connectivity index (χ2n) is 4.34. The van der Waals surface area contributed by atoms with Crippen molar-refractivity contribution in [2.24, 2.45) is 0 Å². The summed E-state index contributed by atoms with van der Waals surface area (Å²) in [5.41, 5.74) is 0. The lowest BCUT2D eigenvalue weighted by molar-refractivity contribution is -0.148. The molecule has 0 spiro atoms. The third kappa shape index (κ3) is 8.82. The molecule has 0 aliphatic rings. The molecule has 0 atom stereocenters. The fraction of sp³-hybridized carbons (Fsp3) is 0.400. The van der Waals surface area contributed by atoms with Gasteiger partial charge in [0.2, 0.25) is 0 Å². The van der Waals surface area contributed by atoms with Crippen LogP contribution in [0, 0.1) is 0 Å². The first kappa shape index (κ1) is 19.0. The Labute approximate surface area is 142 Å². The van der Waals surface area contributed by atoms with Crippen molar-refractivity contribution < 1.29 is 28.6 Å². The molecule has 0 aliphatic carbocycles. The van der Waals surface area contributed by atoms with Gasteiger partial charge in [0.05, 0.1) is 13.2 Å². The van der Waals surface area contributed by atoms with Gasteiger partial charge in [-0.3, -0.25) is 14.9 Å². The zero-order chi connectivity index (χ0) is 17.1. The van der Waals surface area contributed by atoms with Gasteiger partial charge in [0.1, 0.15) is 5.75 Å². The molecule has 7 nitrogen and oxygen atoms in total. The van der Waals surface area contributed by atoms with Gasteiger partial charge < -0.3 is 14.2 Å². The van der Waals surface area contributed by atoms with Crippen LogP contribution in [-0.4, -0.2) is 37.8 Å². The van der Waals surface area contributed by atoms with Gasteiger partial charge in [0, 0.05) is 10.9 Å². The highest BCUT2D eigenvalue weighted by molar-refractivity contribution is 9.10. The molecule has 8 heteroatoms. The molecule has 0 aromatic heterocycles. The molecule has 2 amide bonds. The van der Waals surface area contributed by atoms with Crippen molar-refractivity contribution in [3.05, 3.63) is 28.7 Å². The number of rotatable bonds is 8. The Kier molecular flexibility index (Phi) is 8.74. The predicted molar refractivity (Wildman–Crippen MR) is 85.0 cm³/mol. The minimum absolute atomic E-state index is 0.112. The maximum atomic E-state index is 11.4. The molecule has 0 fully saturated rings. The smallest absolute Gasteiger partial charge is 0.413 e. The molecule has 0 aliphatic heterocycles. The minimum atomic E-state index is -0.865. The number of amides is 2. The monoisotopic (exact) mass is 387 g/mol. The van der Waals surface area contributed by atoms with E-state index >= 15 is 0 Å². The summed E-state index contributed by atoms with van der Waals surface area (Å²) >= 11 is 3.33. The lowest BCUT2D eigenvalue weighted by Gasteiger charge is -2.07. The fourth-order valence-electron chi connectivity index (χ4n) is 1.50. The molecule has 0 bridgehead atoms. The summed E-state index contributed by atoms with van der Waals surface area (Å²) in [6.45, 7) is 1.59. The van der Waals surface area contributed by atoms with Crippen LogP contribution in [0.25, 0.3) is 0 Å². The van der Waals surface area contributed by atoms with Crippen molar-refractivity contribution in [3.8, 4) is 5.75 Å². The fourth-order valence-corrected chi connectivity index (χ4v) is 1.88. The molecule has 1 N–H and O–H groups in total. The largest absolute Gasteiger partial charge is 0.494 e. The Morgan fingerprint density at radius 2 is 2.00 bits per heavy atom. The van der Waals surface area contributed by atoms with Crippen LogP contribution in [0.15, 0.2) is 28.7 Å². The number of carbonyl (C=O) groups excluding carboxylic acids is 3. The third-order valence-corrected chi connectivity index (χ3v) is 2.96. The average Bonchev–Trinajstić information content (AvgIpc) is 2.50. The van der Waals surface area contributed by atoms with Crippen molar-refractivity contribution in [2.75, 3.05) is 19.8 Å². The minimum Gasteiger partial charge on any atom is -0.494 e. The summed E-state index contributed by atoms with van der Waals surface area (Å²) in [5.74, 6) is -0.578. The number of halogens is 1. The quantitative estimate of drug-likeness (QED) is 0.543. The van der Waals surface area contributed by atoms with Gasteiger partial charge in [-0.15, -0.1) is 0 Å². The number of benzene rings is 1. The van der Waals surface area contributed by atoms with Gasteiger partial charge in [-0.05, 0) is 31.5 Å². The van der Waals surface area contributed by atoms with Crippen LogP contribution in [0.3, 0.4) is 0 Å². The second-order valence-corrected chi connectivity index (χ2v) is 5.25. The Hall–Kier alpha value is -2.09. The van der Waals surface area contributed by atoms with Crippen molar-refractivity contribution in [1.82, 2.24) is 5.32 Å². The van der Waals surface area contributed by atoms with Crippen LogP contribution in [0.4, 0.5) is 4.79 Å². The number of hydrogen-bond acceptors (Lipinski definition) is 6. The highest BCUT2D eigenvalue weighted by Crippen LogP contribution is 2.17. The van der Waals surface area contributed by atoms with E-state index in [0.717, 1.165) is 4.47 Å². The van der Waals surface area contributed by atoms with Crippen LogP contribution in [0.2, 0.25) is 0 Å². The highest BCUT2D eigenvalue weighted by atomic mass is 79.9. The molecular weight excluding hydrogens is 370 g/mol. The Bertz CT molecular complexity index is 549. The van der Waals surface area contributed by atoms with Crippen molar-refractivity contribution in [2.45, 2.75) is 19.8 Å². The van der Waals surface area contributed by atoms with Crippen LogP contribution in [-0.2, 0) is 19.1 Å². The van der Waals surface area contributed by atoms with E-state index in [4.69, 9.17) is 9.47 Å². The zero-order valence-electron chi connectivity index (χ0n) is 12.7. The van der Waals surface area contributed by atoms with Gasteiger partial charge in [0.15, 0.2) is 6.61 Å². The highest BCUT2D eigenvalue weighted by Gasteiger charge is 2.11. The number of imide groups is 1. The molecule has 126 valence electrons. The van der Waals surface area contributed by atoms with Crippen molar-refractivity contribution in [1.29, 1.82) is 0 Å². The normalized spacial score (nSPS) is 9.83. The Morgan fingerprint density at radius 3 is 2.70 bits per heavy atom. The van der Waals surface area contributed by atoms with Gasteiger partial charge in [0.25, 0.3) is 5.91 Å². The summed E-state index contributed by atoms with van der Waals surface area (Å²) in [7, 11) is 0. The Balaban J connectivity index is 2.12. The van der Waals surface area contributed by atoms with E-state index < -0.39 is 24.6 Å². The second kappa shape index (κ2) is 10.6. The van der Waals surface area contributed by atoms with E-state index in [1.54, 1.807) is 6.92 Å². The molecule has 0 saturated heterocycles. The van der Waals surface area contributed by atoms with Gasteiger partial charge in [-0.25, -0.2) is 4.79 Å². The van der Waals surface area contributed by atoms with E-state index in [9.17, 15) is 14.4 Å². The van der Waals surface area contributed by atoms with Crippen LogP contribution in [0.5, 0.6) is 5.75 Å². The third-order valence-electron chi connectivity index (χ3n) is 2.47. The molecule has 0 heterocycles. The molecule has 23 heavy (non-hydrogen) atoms. The molecule has 0 saturated carbocycles. The summed E-state index contributed by atoms with van der Waals surface area (Å²) in [4.78, 5) is 33.7. The molecule has 1 rings (SSSR count). The molecule has 1 aromatic carbocycles. The van der Waals surface area contributed by atoms with Gasteiger partial charge >= 0.3 is 12.1 Å². The van der Waals surface area contributed by atoms with E-state index in [-0.39, 0.29) is 13.0 Å². The standard InChI is InChI=1S/C15H18BrNO6/c1-2-21-15(20)17-13(18)10-23-14(19)7-4-8-22-12-6-3-5-11(16)9-12/h3,5-6,9H,2,4,7-8,10H2,1H3,(H,17,18,20). The van der Waals surface area contributed by atoms with Gasteiger partial charge in [-0.1, -0.05) is 22.0 Å². The zero-order valence-corrected chi connectivity index (χ0v) is 14.3. The van der Waals surface area contributed by atoms with Crippen LogP contribution < -0.4 is 10.1 Å². The SMILES string of the molecule is CCOC(=O)NC(=O)COC(=O)CCCOc1cccc(Br)c1. The maximum Gasteiger partial charge on any atom is 0.413 e. The van der Waals surface area contributed by atoms with Crippen molar-refractivity contribution >= 4 is 33.9 Å².